The Morgan fingerprint density at radius 3 is 2.60 bits per heavy atom. The van der Waals surface area contributed by atoms with Crippen LogP contribution in [0.1, 0.15) is 17.2 Å². The third-order valence-corrected chi connectivity index (χ3v) is 2.93. The number of benzene rings is 2. The summed E-state index contributed by atoms with van der Waals surface area (Å²) in [6.07, 6.45) is -0.669. The summed E-state index contributed by atoms with van der Waals surface area (Å²) in [6.45, 7) is 0. The number of carbonyl (C=O) groups is 1. The van der Waals surface area contributed by atoms with Crippen LogP contribution in [-0.2, 0) is 4.74 Å². The van der Waals surface area contributed by atoms with E-state index in [1.54, 1.807) is 6.07 Å². The summed E-state index contributed by atoms with van der Waals surface area (Å²) >= 11 is 0. The molecule has 4 nitrogen and oxygen atoms in total. The fourth-order valence-electron chi connectivity index (χ4n) is 1.91. The lowest BCUT2D eigenvalue weighted by atomic mass is 9.98. The molecule has 0 fully saturated rings. The molecule has 0 radical (unpaired) electrons. The zero-order valence-corrected chi connectivity index (χ0v) is 11.0. The van der Waals surface area contributed by atoms with Crippen LogP contribution in [-0.4, -0.2) is 13.2 Å². The van der Waals surface area contributed by atoms with Gasteiger partial charge in [-0.05, 0) is 23.3 Å². The molecule has 0 saturated heterocycles. The molecule has 2 aromatic rings. The van der Waals surface area contributed by atoms with Gasteiger partial charge in [-0.25, -0.2) is 9.18 Å². The maximum atomic E-state index is 13.3. The number of rotatable bonds is 3. The minimum Gasteiger partial charge on any atom is -0.453 e. The van der Waals surface area contributed by atoms with Crippen molar-refractivity contribution in [1.29, 1.82) is 0 Å². The van der Waals surface area contributed by atoms with Crippen LogP contribution in [0.3, 0.4) is 0 Å². The van der Waals surface area contributed by atoms with Gasteiger partial charge in [-0.15, -0.1) is 0 Å². The number of amides is 1. The number of ether oxygens (including phenoxy) is 1. The van der Waals surface area contributed by atoms with Crippen molar-refractivity contribution in [3.8, 4) is 0 Å². The average Bonchev–Trinajstić information content (AvgIpc) is 2.47. The first kappa shape index (κ1) is 14.0. The van der Waals surface area contributed by atoms with E-state index in [2.05, 4.69) is 10.1 Å². The Morgan fingerprint density at radius 2 is 1.95 bits per heavy atom. The monoisotopic (exact) mass is 274 g/mol. The number of carbonyl (C=O) groups excluding carboxylic acids is 1. The second kappa shape index (κ2) is 6.16. The van der Waals surface area contributed by atoms with Crippen molar-refractivity contribution in [2.75, 3.05) is 12.4 Å². The predicted molar refractivity (Wildman–Crippen MR) is 74.9 cm³/mol. The molecule has 1 atom stereocenters. The summed E-state index contributed by atoms with van der Waals surface area (Å²) in [5.74, 6) is -0.458. The van der Waals surface area contributed by atoms with E-state index in [9.17, 15) is 9.18 Å². The topological polar surface area (TPSA) is 64.3 Å². The molecule has 0 aliphatic rings. The molecule has 0 saturated carbocycles. The molecule has 1 unspecified atom stereocenters. The average molecular weight is 274 g/mol. The van der Waals surface area contributed by atoms with E-state index in [-0.39, 0.29) is 0 Å². The van der Waals surface area contributed by atoms with E-state index in [0.717, 1.165) is 5.56 Å². The minimum atomic E-state index is -0.669. The summed E-state index contributed by atoms with van der Waals surface area (Å²) in [6, 6.07) is 13.0. The molecule has 0 aliphatic carbocycles. The fraction of sp³-hybridized carbons (Fsp3) is 0.133. The number of nitrogens with two attached hydrogens (primary N) is 1. The number of hydrogen-bond donors (Lipinski definition) is 2. The standard InChI is InChI=1S/C15H15FN2O2/c1-20-15(19)18-13-9-11(16)7-8-12(13)14(17)10-5-3-2-4-6-10/h2-9,14H,17H2,1H3,(H,18,19). The van der Waals surface area contributed by atoms with Crippen LogP contribution < -0.4 is 11.1 Å². The maximum Gasteiger partial charge on any atom is 0.411 e. The number of methoxy groups -OCH3 is 1. The van der Waals surface area contributed by atoms with E-state index >= 15 is 0 Å². The zero-order valence-electron chi connectivity index (χ0n) is 11.0. The Hall–Kier alpha value is -2.40. The Labute approximate surface area is 116 Å². The second-order valence-electron chi connectivity index (χ2n) is 4.24. The van der Waals surface area contributed by atoms with Gasteiger partial charge >= 0.3 is 6.09 Å². The molecule has 2 aromatic carbocycles. The third-order valence-electron chi connectivity index (χ3n) is 2.93. The molecule has 20 heavy (non-hydrogen) atoms. The van der Waals surface area contributed by atoms with Gasteiger partial charge in [0.1, 0.15) is 5.82 Å². The molecule has 0 bridgehead atoms. The number of halogens is 1. The summed E-state index contributed by atoms with van der Waals surface area (Å²) in [4.78, 5) is 11.3. The van der Waals surface area contributed by atoms with Crippen LogP contribution >= 0.6 is 0 Å². The van der Waals surface area contributed by atoms with Gasteiger partial charge in [-0.1, -0.05) is 36.4 Å². The highest BCUT2D eigenvalue weighted by atomic mass is 19.1. The lowest BCUT2D eigenvalue weighted by Gasteiger charge is -2.17. The molecule has 0 heterocycles. The highest BCUT2D eigenvalue weighted by Gasteiger charge is 2.15. The first-order valence-electron chi connectivity index (χ1n) is 6.06. The van der Waals surface area contributed by atoms with E-state index in [4.69, 9.17) is 5.73 Å². The SMILES string of the molecule is COC(=O)Nc1cc(F)ccc1C(N)c1ccccc1. The molecule has 0 aromatic heterocycles. The number of nitrogens with one attached hydrogen (secondary N) is 1. The van der Waals surface area contributed by atoms with Crippen LogP contribution in [0.15, 0.2) is 48.5 Å². The summed E-state index contributed by atoms with van der Waals surface area (Å²) in [7, 11) is 1.24. The largest absolute Gasteiger partial charge is 0.453 e. The molecule has 1 amide bonds. The number of anilines is 1. The summed E-state index contributed by atoms with van der Waals surface area (Å²) < 4.78 is 17.9. The van der Waals surface area contributed by atoms with Crippen molar-refractivity contribution in [2.24, 2.45) is 5.73 Å². The minimum absolute atomic E-state index is 0.299. The van der Waals surface area contributed by atoms with Gasteiger partial charge in [-0.3, -0.25) is 5.32 Å². The summed E-state index contributed by atoms with van der Waals surface area (Å²) in [5.41, 5.74) is 7.95. The molecular formula is C15H15FN2O2. The quantitative estimate of drug-likeness (QED) is 0.904. The maximum absolute atomic E-state index is 13.3. The lowest BCUT2D eigenvalue weighted by molar-refractivity contribution is 0.187. The smallest absolute Gasteiger partial charge is 0.411 e. The number of hydrogen-bond acceptors (Lipinski definition) is 3. The molecule has 3 N–H and O–H groups in total. The first-order chi connectivity index (χ1) is 9.61. The van der Waals surface area contributed by atoms with Crippen molar-refractivity contribution in [1.82, 2.24) is 0 Å². The highest BCUT2D eigenvalue weighted by molar-refractivity contribution is 5.85. The highest BCUT2D eigenvalue weighted by Crippen LogP contribution is 2.27. The van der Waals surface area contributed by atoms with Crippen molar-refractivity contribution >= 4 is 11.8 Å². The van der Waals surface area contributed by atoms with Gasteiger partial charge in [0.05, 0.1) is 18.8 Å². The van der Waals surface area contributed by atoms with Gasteiger partial charge in [-0.2, -0.15) is 0 Å². The Balaban J connectivity index is 2.38. The van der Waals surface area contributed by atoms with Crippen molar-refractivity contribution < 1.29 is 13.9 Å². The molecule has 5 heteroatoms. The molecule has 2 rings (SSSR count). The van der Waals surface area contributed by atoms with E-state index in [1.165, 1.54) is 19.2 Å². The Kier molecular flexibility index (Phi) is 4.32. The normalized spacial score (nSPS) is 11.8. The Morgan fingerprint density at radius 1 is 1.25 bits per heavy atom. The van der Waals surface area contributed by atoms with Crippen molar-refractivity contribution in [3.63, 3.8) is 0 Å². The molecule has 0 spiro atoms. The van der Waals surface area contributed by atoms with Gasteiger partial charge in [0, 0.05) is 0 Å². The van der Waals surface area contributed by atoms with Gasteiger partial charge < -0.3 is 10.5 Å². The van der Waals surface area contributed by atoms with Crippen LogP contribution in [0.25, 0.3) is 0 Å². The van der Waals surface area contributed by atoms with Crippen molar-refractivity contribution in [2.45, 2.75) is 6.04 Å². The zero-order chi connectivity index (χ0) is 14.5. The van der Waals surface area contributed by atoms with E-state index < -0.39 is 18.0 Å². The van der Waals surface area contributed by atoms with Gasteiger partial charge in [0.25, 0.3) is 0 Å². The molecule has 0 aliphatic heterocycles. The lowest BCUT2D eigenvalue weighted by Crippen LogP contribution is -2.18. The molecular weight excluding hydrogens is 259 g/mol. The van der Waals surface area contributed by atoms with E-state index in [0.29, 0.717) is 11.3 Å². The van der Waals surface area contributed by atoms with Crippen LogP contribution in [0.4, 0.5) is 14.9 Å². The van der Waals surface area contributed by atoms with E-state index in [1.807, 2.05) is 30.3 Å². The van der Waals surface area contributed by atoms with Gasteiger partial charge in [0.15, 0.2) is 0 Å². The van der Waals surface area contributed by atoms with Crippen LogP contribution in [0, 0.1) is 5.82 Å². The first-order valence-corrected chi connectivity index (χ1v) is 6.06. The molecule has 104 valence electrons. The Bertz CT molecular complexity index is 602. The second-order valence-corrected chi connectivity index (χ2v) is 4.24. The summed E-state index contributed by atoms with van der Waals surface area (Å²) in [5, 5.41) is 2.47. The van der Waals surface area contributed by atoms with Crippen LogP contribution in [0.5, 0.6) is 0 Å². The predicted octanol–water partition coefficient (Wildman–Crippen LogP) is 3.05. The fourth-order valence-corrected chi connectivity index (χ4v) is 1.91. The van der Waals surface area contributed by atoms with Crippen LogP contribution in [0.2, 0.25) is 0 Å². The van der Waals surface area contributed by atoms with Gasteiger partial charge in [0.2, 0.25) is 0 Å². The third kappa shape index (κ3) is 3.13. The van der Waals surface area contributed by atoms with Crippen molar-refractivity contribution in [3.05, 3.63) is 65.5 Å².